The number of amides is 2. The molecule has 1 atom stereocenters. The Morgan fingerprint density at radius 1 is 1.06 bits per heavy atom. The molecule has 0 heterocycles. The Hall–Kier alpha value is -1.95. The molecule has 0 saturated carbocycles. The van der Waals surface area contributed by atoms with Gasteiger partial charge in [0.2, 0.25) is 5.91 Å². The van der Waals surface area contributed by atoms with Gasteiger partial charge in [-0.1, -0.05) is 54.2 Å². The average Bonchev–Trinajstić information content (AvgIpc) is 2.74. The number of rotatable bonds is 10. The number of carbonyl (C=O) groups is 2. The molecule has 31 heavy (non-hydrogen) atoms. The second-order valence-corrected chi connectivity index (χ2v) is 8.51. The van der Waals surface area contributed by atoms with Crippen LogP contribution in [0.5, 0.6) is 5.75 Å². The van der Waals surface area contributed by atoms with E-state index < -0.39 is 6.04 Å². The Bertz CT molecular complexity index is 921. The van der Waals surface area contributed by atoms with Crippen molar-refractivity contribution in [2.24, 2.45) is 0 Å². The number of halogens is 3. The highest BCUT2D eigenvalue weighted by Gasteiger charge is 2.26. The van der Waals surface area contributed by atoms with Crippen LogP contribution in [-0.4, -0.2) is 35.9 Å². The van der Waals surface area contributed by atoms with Crippen LogP contribution in [0.3, 0.4) is 0 Å². The van der Waals surface area contributed by atoms with Gasteiger partial charge >= 0.3 is 0 Å². The highest BCUT2D eigenvalue weighted by molar-refractivity contribution is 6.42. The molecule has 0 aromatic heterocycles. The van der Waals surface area contributed by atoms with Gasteiger partial charge in [-0.3, -0.25) is 9.59 Å². The van der Waals surface area contributed by atoms with E-state index >= 15 is 0 Å². The molecular weight excluding hydrogens is 459 g/mol. The van der Waals surface area contributed by atoms with Gasteiger partial charge in [-0.15, -0.1) is 0 Å². The molecule has 0 aliphatic rings. The lowest BCUT2D eigenvalue weighted by Gasteiger charge is -2.29. The van der Waals surface area contributed by atoms with Crippen LogP contribution in [0.1, 0.15) is 37.8 Å². The topological polar surface area (TPSA) is 58.6 Å². The maximum atomic E-state index is 13.0. The van der Waals surface area contributed by atoms with Gasteiger partial charge in [-0.25, -0.2) is 0 Å². The minimum absolute atomic E-state index is 0.196. The van der Waals surface area contributed by atoms with Crippen molar-refractivity contribution in [3.05, 3.63) is 62.6 Å². The van der Waals surface area contributed by atoms with Gasteiger partial charge in [-0.2, -0.15) is 0 Å². The molecule has 2 aromatic carbocycles. The van der Waals surface area contributed by atoms with E-state index in [1.165, 1.54) is 4.90 Å². The molecule has 0 bridgehead atoms. The number of unbranched alkanes of at least 4 members (excludes halogenated alkanes) is 1. The minimum Gasteiger partial charge on any atom is -0.484 e. The molecule has 0 radical (unpaired) electrons. The molecule has 5 nitrogen and oxygen atoms in total. The lowest BCUT2D eigenvalue weighted by molar-refractivity contribution is -0.142. The summed E-state index contributed by atoms with van der Waals surface area (Å²) in [6.45, 7) is 6.15. The van der Waals surface area contributed by atoms with Gasteiger partial charge in [0.15, 0.2) is 6.61 Å². The van der Waals surface area contributed by atoms with E-state index in [1.807, 2.05) is 13.8 Å². The first-order chi connectivity index (χ1) is 14.7. The molecule has 1 N–H and O–H groups in total. The van der Waals surface area contributed by atoms with Crippen molar-refractivity contribution >= 4 is 46.6 Å². The van der Waals surface area contributed by atoms with Crippen molar-refractivity contribution in [3.8, 4) is 5.75 Å². The fraction of sp³-hybridized carbons (Fsp3) is 0.391. The smallest absolute Gasteiger partial charge is 0.261 e. The van der Waals surface area contributed by atoms with Gasteiger partial charge in [0.05, 0.1) is 10.0 Å². The minimum atomic E-state index is -0.686. The lowest BCUT2D eigenvalue weighted by atomic mass is 10.1. The number of nitrogens with one attached hydrogen (secondary N) is 1. The summed E-state index contributed by atoms with van der Waals surface area (Å²) in [4.78, 5) is 27.1. The largest absolute Gasteiger partial charge is 0.484 e. The molecule has 2 amide bonds. The Balaban J connectivity index is 2.15. The Labute approximate surface area is 198 Å². The first-order valence-corrected chi connectivity index (χ1v) is 11.3. The molecule has 0 fully saturated rings. The van der Waals surface area contributed by atoms with Crippen LogP contribution in [-0.2, 0) is 16.1 Å². The van der Waals surface area contributed by atoms with Gasteiger partial charge in [0.1, 0.15) is 11.8 Å². The van der Waals surface area contributed by atoms with E-state index in [1.54, 1.807) is 43.3 Å². The predicted molar refractivity (Wildman–Crippen MR) is 126 cm³/mol. The van der Waals surface area contributed by atoms with Crippen molar-refractivity contribution in [1.82, 2.24) is 10.2 Å². The second-order valence-electron chi connectivity index (χ2n) is 7.29. The van der Waals surface area contributed by atoms with Crippen molar-refractivity contribution < 1.29 is 14.3 Å². The van der Waals surface area contributed by atoms with Gasteiger partial charge in [0.25, 0.3) is 5.91 Å². The Morgan fingerprint density at radius 3 is 2.42 bits per heavy atom. The fourth-order valence-corrected chi connectivity index (χ4v) is 3.33. The van der Waals surface area contributed by atoms with Crippen molar-refractivity contribution in [1.29, 1.82) is 0 Å². The molecule has 0 aliphatic carbocycles. The predicted octanol–water partition coefficient (Wildman–Crippen LogP) is 5.67. The van der Waals surface area contributed by atoms with Crippen LogP contribution in [0.15, 0.2) is 36.4 Å². The molecule has 2 aromatic rings. The number of ether oxygens (including phenoxy) is 1. The van der Waals surface area contributed by atoms with E-state index in [2.05, 4.69) is 5.32 Å². The standard InChI is InChI=1S/C23H27Cl3N2O3/c1-4-5-10-27-23(30)16(3)28(13-17-6-8-20(25)21(26)12-17)22(29)14-31-18-7-9-19(24)15(2)11-18/h6-9,11-12,16H,4-5,10,13-14H2,1-3H3,(H,27,30). The molecule has 168 valence electrons. The van der Waals surface area contributed by atoms with E-state index in [0.29, 0.717) is 27.4 Å². The van der Waals surface area contributed by atoms with Gasteiger partial charge in [-0.05, 0) is 61.7 Å². The summed E-state index contributed by atoms with van der Waals surface area (Å²) in [5, 5.41) is 4.31. The first-order valence-electron chi connectivity index (χ1n) is 10.1. The van der Waals surface area contributed by atoms with E-state index in [4.69, 9.17) is 39.5 Å². The molecule has 8 heteroatoms. The van der Waals surface area contributed by atoms with E-state index in [-0.39, 0.29) is 25.0 Å². The number of nitrogens with zero attached hydrogens (tertiary/aromatic N) is 1. The number of carbonyl (C=O) groups excluding carboxylic acids is 2. The highest BCUT2D eigenvalue weighted by atomic mass is 35.5. The number of hydrogen-bond acceptors (Lipinski definition) is 3. The van der Waals surface area contributed by atoms with Crippen LogP contribution in [0.4, 0.5) is 0 Å². The number of benzene rings is 2. The summed E-state index contributed by atoms with van der Waals surface area (Å²) < 4.78 is 5.66. The third-order valence-electron chi connectivity index (χ3n) is 4.83. The molecule has 0 spiro atoms. The molecular formula is C23H27Cl3N2O3. The monoisotopic (exact) mass is 484 g/mol. The number of hydrogen-bond donors (Lipinski definition) is 1. The zero-order valence-corrected chi connectivity index (χ0v) is 20.2. The van der Waals surface area contributed by atoms with Crippen LogP contribution in [0.25, 0.3) is 0 Å². The molecule has 0 saturated heterocycles. The van der Waals surface area contributed by atoms with Crippen molar-refractivity contribution in [3.63, 3.8) is 0 Å². The van der Waals surface area contributed by atoms with E-state index in [9.17, 15) is 9.59 Å². The van der Waals surface area contributed by atoms with E-state index in [0.717, 1.165) is 24.0 Å². The highest BCUT2D eigenvalue weighted by Crippen LogP contribution is 2.24. The molecule has 0 aliphatic heterocycles. The summed E-state index contributed by atoms with van der Waals surface area (Å²) in [6.07, 6.45) is 1.84. The normalized spacial score (nSPS) is 11.7. The summed E-state index contributed by atoms with van der Waals surface area (Å²) in [5.74, 6) is -0.00852. The molecule has 2 rings (SSSR count). The molecule has 1 unspecified atom stereocenters. The third-order valence-corrected chi connectivity index (χ3v) is 5.99. The Kier molecular flexibility index (Phi) is 9.94. The van der Waals surface area contributed by atoms with Gasteiger partial charge < -0.3 is 15.0 Å². The summed E-state index contributed by atoms with van der Waals surface area (Å²) in [6, 6.07) is 9.63. The van der Waals surface area contributed by atoms with Crippen LogP contribution >= 0.6 is 34.8 Å². The van der Waals surface area contributed by atoms with Crippen LogP contribution in [0, 0.1) is 6.92 Å². The Morgan fingerprint density at radius 2 is 1.77 bits per heavy atom. The third kappa shape index (κ3) is 7.60. The van der Waals surface area contributed by atoms with Crippen LogP contribution < -0.4 is 10.1 Å². The van der Waals surface area contributed by atoms with Gasteiger partial charge in [0, 0.05) is 18.1 Å². The maximum Gasteiger partial charge on any atom is 0.261 e. The summed E-state index contributed by atoms with van der Waals surface area (Å²) in [5.41, 5.74) is 1.61. The number of aryl methyl sites for hydroxylation is 1. The average molecular weight is 486 g/mol. The second kappa shape index (κ2) is 12.2. The zero-order chi connectivity index (χ0) is 23.0. The van der Waals surface area contributed by atoms with Crippen molar-refractivity contribution in [2.75, 3.05) is 13.2 Å². The zero-order valence-electron chi connectivity index (χ0n) is 17.9. The quantitative estimate of drug-likeness (QED) is 0.441. The fourth-order valence-electron chi connectivity index (χ4n) is 2.89. The lowest BCUT2D eigenvalue weighted by Crippen LogP contribution is -2.49. The maximum absolute atomic E-state index is 13.0. The summed E-state index contributed by atoms with van der Waals surface area (Å²) >= 11 is 18.2. The summed E-state index contributed by atoms with van der Waals surface area (Å²) in [7, 11) is 0. The SMILES string of the molecule is CCCCNC(=O)C(C)N(Cc1ccc(Cl)c(Cl)c1)C(=O)COc1ccc(Cl)c(C)c1. The van der Waals surface area contributed by atoms with Crippen molar-refractivity contribution in [2.45, 2.75) is 46.2 Å². The first kappa shape index (κ1) is 25.3. The van der Waals surface area contributed by atoms with Crippen LogP contribution in [0.2, 0.25) is 15.1 Å².